The summed E-state index contributed by atoms with van der Waals surface area (Å²) in [5, 5.41) is 5.39. The third-order valence-corrected chi connectivity index (χ3v) is 7.00. The van der Waals surface area contributed by atoms with Gasteiger partial charge in [0, 0.05) is 31.7 Å². The SMILES string of the molecule is COc1ccccc1C(=O)NCCC(=O)Nc1ccc(S(=O)(=O)N2C[C@H](C)O[C@@H](C)C2)cc1. The Balaban J connectivity index is 1.52. The number of rotatable bonds is 8. The van der Waals surface area contributed by atoms with Gasteiger partial charge in [0.05, 0.1) is 29.8 Å². The van der Waals surface area contributed by atoms with E-state index >= 15 is 0 Å². The highest BCUT2D eigenvalue weighted by Gasteiger charge is 2.32. The maximum Gasteiger partial charge on any atom is 0.255 e. The predicted molar refractivity (Wildman–Crippen MR) is 124 cm³/mol. The zero-order valence-corrected chi connectivity index (χ0v) is 19.7. The van der Waals surface area contributed by atoms with E-state index in [1.54, 1.807) is 36.4 Å². The van der Waals surface area contributed by atoms with Crippen LogP contribution in [0, 0.1) is 0 Å². The lowest BCUT2D eigenvalue weighted by molar-refractivity contribution is -0.116. The van der Waals surface area contributed by atoms with Crippen LogP contribution in [-0.4, -0.2) is 63.5 Å². The van der Waals surface area contributed by atoms with E-state index in [0.717, 1.165) is 0 Å². The molecule has 178 valence electrons. The van der Waals surface area contributed by atoms with Crippen LogP contribution < -0.4 is 15.4 Å². The summed E-state index contributed by atoms with van der Waals surface area (Å²) in [4.78, 5) is 24.7. The van der Waals surface area contributed by atoms with Crippen molar-refractivity contribution in [2.75, 3.05) is 32.1 Å². The van der Waals surface area contributed by atoms with Crippen molar-refractivity contribution in [3.63, 3.8) is 0 Å². The topological polar surface area (TPSA) is 114 Å². The maximum atomic E-state index is 12.9. The van der Waals surface area contributed by atoms with E-state index in [1.807, 2.05) is 13.8 Å². The highest BCUT2D eigenvalue weighted by Crippen LogP contribution is 2.22. The number of benzene rings is 2. The summed E-state index contributed by atoms with van der Waals surface area (Å²) in [7, 11) is -2.16. The van der Waals surface area contributed by atoms with Gasteiger partial charge in [0.1, 0.15) is 5.75 Å². The second-order valence-corrected chi connectivity index (χ2v) is 9.80. The molecule has 0 aliphatic carbocycles. The first-order valence-electron chi connectivity index (χ1n) is 10.7. The number of methoxy groups -OCH3 is 1. The fourth-order valence-corrected chi connectivity index (χ4v) is 5.22. The number of carbonyl (C=O) groups is 2. The van der Waals surface area contributed by atoms with Crippen molar-refractivity contribution < 1.29 is 27.5 Å². The van der Waals surface area contributed by atoms with Gasteiger partial charge in [-0.05, 0) is 50.2 Å². The van der Waals surface area contributed by atoms with Crippen molar-refractivity contribution in [3.8, 4) is 5.75 Å². The first kappa shape index (κ1) is 24.7. The van der Waals surface area contributed by atoms with Crippen molar-refractivity contribution in [3.05, 3.63) is 54.1 Å². The first-order valence-corrected chi connectivity index (χ1v) is 12.1. The molecule has 0 spiro atoms. The molecule has 10 heteroatoms. The van der Waals surface area contributed by atoms with Crippen molar-refractivity contribution in [2.45, 2.75) is 37.4 Å². The normalized spacial score (nSPS) is 19.0. The molecule has 0 radical (unpaired) electrons. The minimum atomic E-state index is -3.65. The van der Waals surface area contributed by atoms with Crippen molar-refractivity contribution >= 4 is 27.5 Å². The van der Waals surface area contributed by atoms with Crippen LogP contribution >= 0.6 is 0 Å². The Labute approximate surface area is 194 Å². The smallest absolute Gasteiger partial charge is 0.255 e. The summed E-state index contributed by atoms with van der Waals surface area (Å²) in [5.74, 6) is -0.182. The minimum Gasteiger partial charge on any atom is -0.496 e. The predicted octanol–water partition coefficient (Wildman–Crippen LogP) is 2.25. The van der Waals surface area contributed by atoms with E-state index in [0.29, 0.717) is 30.1 Å². The fraction of sp³-hybridized carbons (Fsp3) is 0.391. The van der Waals surface area contributed by atoms with Gasteiger partial charge in [-0.3, -0.25) is 9.59 Å². The zero-order valence-electron chi connectivity index (χ0n) is 18.9. The van der Waals surface area contributed by atoms with Crippen LogP contribution in [0.3, 0.4) is 0 Å². The van der Waals surface area contributed by atoms with Crippen LogP contribution in [0.25, 0.3) is 0 Å². The van der Waals surface area contributed by atoms with Gasteiger partial charge in [-0.1, -0.05) is 12.1 Å². The van der Waals surface area contributed by atoms with Gasteiger partial charge in [0.2, 0.25) is 15.9 Å². The quantitative estimate of drug-likeness (QED) is 0.605. The number of sulfonamides is 1. The lowest BCUT2D eigenvalue weighted by Crippen LogP contribution is -2.48. The number of hydrogen-bond donors (Lipinski definition) is 2. The van der Waals surface area contributed by atoms with Crippen LogP contribution in [-0.2, 0) is 19.6 Å². The lowest BCUT2D eigenvalue weighted by atomic mass is 10.2. The molecule has 1 saturated heterocycles. The van der Waals surface area contributed by atoms with Crippen LogP contribution in [0.1, 0.15) is 30.6 Å². The summed E-state index contributed by atoms with van der Waals surface area (Å²) in [5.41, 5.74) is 0.861. The van der Waals surface area contributed by atoms with Crippen molar-refractivity contribution in [2.24, 2.45) is 0 Å². The molecule has 1 heterocycles. The molecule has 0 saturated carbocycles. The Hall–Kier alpha value is -2.95. The van der Waals surface area contributed by atoms with Gasteiger partial charge in [0.15, 0.2) is 0 Å². The molecule has 0 bridgehead atoms. The molecule has 33 heavy (non-hydrogen) atoms. The molecular formula is C23H29N3O6S. The number of para-hydroxylation sites is 1. The molecule has 1 aliphatic rings. The number of amides is 2. The molecule has 2 atom stereocenters. The summed E-state index contributed by atoms with van der Waals surface area (Å²) in [6.07, 6.45) is -0.291. The van der Waals surface area contributed by atoms with Crippen molar-refractivity contribution in [1.82, 2.24) is 9.62 Å². The molecule has 0 unspecified atom stereocenters. The Morgan fingerprint density at radius 3 is 2.33 bits per heavy atom. The van der Waals surface area contributed by atoms with E-state index in [2.05, 4.69) is 10.6 Å². The fourth-order valence-electron chi connectivity index (χ4n) is 3.63. The number of anilines is 1. The number of nitrogens with zero attached hydrogens (tertiary/aromatic N) is 1. The highest BCUT2D eigenvalue weighted by atomic mass is 32.2. The van der Waals surface area contributed by atoms with Gasteiger partial charge < -0.3 is 20.1 Å². The Kier molecular flexibility index (Phi) is 8.06. The van der Waals surface area contributed by atoms with Crippen LogP contribution in [0.2, 0.25) is 0 Å². The largest absolute Gasteiger partial charge is 0.496 e. The summed E-state index contributed by atoms with van der Waals surface area (Å²) in [6, 6.07) is 12.9. The Morgan fingerprint density at radius 1 is 1.06 bits per heavy atom. The average molecular weight is 476 g/mol. The van der Waals surface area contributed by atoms with E-state index in [4.69, 9.17) is 9.47 Å². The van der Waals surface area contributed by atoms with E-state index < -0.39 is 10.0 Å². The molecule has 2 aromatic carbocycles. The first-order chi connectivity index (χ1) is 15.7. The van der Waals surface area contributed by atoms with Gasteiger partial charge >= 0.3 is 0 Å². The van der Waals surface area contributed by atoms with E-state index in [9.17, 15) is 18.0 Å². The second kappa shape index (κ2) is 10.8. The minimum absolute atomic E-state index is 0.0600. The monoisotopic (exact) mass is 475 g/mol. The molecule has 1 fully saturated rings. The van der Waals surface area contributed by atoms with Crippen LogP contribution in [0.4, 0.5) is 5.69 Å². The highest BCUT2D eigenvalue weighted by molar-refractivity contribution is 7.89. The summed E-state index contributed by atoms with van der Waals surface area (Å²) < 4.78 is 38.0. The van der Waals surface area contributed by atoms with Crippen LogP contribution in [0.15, 0.2) is 53.4 Å². The van der Waals surface area contributed by atoms with E-state index in [-0.39, 0.29) is 41.9 Å². The number of morpholine rings is 1. The Morgan fingerprint density at radius 2 is 1.70 bits per heavy atom. The molecule has 2 N–H and O–H groups in total. The number of hydrogen-bond acceptors (Lipinski definition) is 6. The Bertz CT molecular complexity index is 1080. The third-order valence-electron chi connectivity index (χ3n) is 5.15. The van der Waals surface area contributed by atoms with Gasteiger partial charge in [0.25, 0.3) is 5.91 Å². The third kappa shape index (κ3) is 6.31. The standard InChI is InChI=1S/C23H29N3O6S/c1-16-14-26(15-17(2)32-16)33(29,30)19-10-8-18(9-11-19)25-22(27)12-13-24-23(28)20-6-4-5-7-21(20)31-3/h4-11,16-17H,12-15H2,1-3H3,(H,24,28)(H,25,27)/t16-,17-/m0/s1. The number of carbonyl (C=O) groups excluding carboxylic acids is 2. The molecule has 0 aromatic heterocycles. The van der Waals surface area contributed by atoms with E-state index in [1.165, 1.54) is 23.5 Å². The summed E-state index contributed by atoms with van der Waals surface area (Å²) >= 11 is 0. The molecular weight excluding hydrogens is 446 g/mol. The molecule has 2 amide bonds. The van der Waals surface area contributed by atoms with Crippen molar-refractivity contribution in [1.29, 1.82) is 0 Å². The maximum absolute atomic E-state index is 12.9. The number of nitrogens with one attached hydrogen (secondary N) is 2. The van der Waals surface area contributed by atoms with Crippen LogP contribution in [0.5, 0.6) is 5.75 Å². The summed E-state index contributed by atoms with van der Waals surface area (Å²) in [6.45, 7) is 4.42. The molecule has 9 nitrogen and oxygen atoms in total. The second-order valence-electron chi connectivity index (χ2n) is 7.86. The van der Waals surface area contributed by atoms with Gasteiger partial charge in [-0.15, -0.1) is 0 Å². The molecule has 2 aromatic rings. The number of ether oxygens (including phenoxy) is 2. The van der Waals surface area contributed by atoms with Gasteiger partial charge in [-0.25, -0.2) is 8.42 Å². The lowest BCUT2D eigenvalue weighted by Gasteiger charge is -2.34. The molecule has 1 aliphatic heterocycles. The molecule has 3 rings (SSSR count). The zero-order chi connectivity index (χ0) is 24.0. The van der Waals surface area contributed by atoms with Gasteiger partial charge in [-0.2, -0.15) is 4.31 Å². The average Bonchev–Trinajstić information content (AvgIpc) is 2.78.